The fourth-order valence-corrected chi connectivity index (χ4v) is 4.69. The lowest BCUT2D eigenvalue weighted by Crippen LogP contribution is -2.68. The molecule has 0 spiro atoms. The molecule has 3 atom stereocenters. The minimum absolute atomic E-state index is 0. The second-order valence-electron chi connectivity index (χ2n) is 8.35. The van der Waals surface area contributed by atoms with Crippen molar-refractivity contribution in [3.05, 3.63) is 35.8 Å². The van der Waals surface area contributed by atoms with Gasteiger partial charge in [-0.05, 0) is 31.9 Å². The Morgan fingerprint density at radius 2 is 2.25 bits per heavy atom. The van der Waals surface area contributed by atoms with Crippen LogP contribution in [0.15, 0.2) is 29.5 Å². The third-order valence-electron chi connectivity index (χ3n) is 6.10. The number of nitrogens with one attached hydrogen (secondary N) is 2. The molecule has 28 heavy (non-hydrogen) atoms. The lowest BCUT2D eigenvalue weighted by Gasteiger charge is -2.54. The first-order chi connectivity index (χ1) is 13.0. The molecular formula is C21H32IN5O. The lowest BCUT2D eigenvalue weighted by atomic mass is 9.57. The predicted molar refractivity (Wildman–Crippen MR) is 124 cm³/mol. The Morgan fingerprint density at radius 3 is 3.00 bits per heavy atom. The molecule has 2 aromatic heterocycles. The third-order valence-corrected chi connectivity index (χ3v) is 6.10. The van der Waals surface area contributed by atoms with Gasteiger partial charge in [-0.15, -0.1) is 24.0 Å². The molecule has 1 saturated heterocycles. The van der Waals surface area contributed by atoms with Gasteiger partial charge in [0, 0.05) is 55.9 Å². The van der Waals surface area contributed by atoms with E-state index in [0.717, 1.165) is 49.8 Å². The van der Waals surface area contributed by atoms with Crippen molar-refractivity contribution < 1.29 is 4.74 Å². The maximum Gasteiger partial charge on any atom is 0.191 e. The topological polar surface area (TPSA) is 63.0 Å². The summed E-state index contributed by atoms with van der Waals surface area (Å²) in [6.45, 7) is 11.2. The third kappa shape index (κ3) is 3.87. The Morgan fingerprint density at radius 1 is 1.43 bits per heavy atom. The summed E-state index contributed by atoms with van der Waals surface area (Å²) in [6, 6.07) is 4.57. The fourth-order valence-electron chi connectivity index (χ4n) is 4.69. The summed E-state index contributed by atoms with van der Waals surface area (Å²) in [5, 5.41) is 7.07. The van der Waals surface area contributed by atoms with Crippen molar-refractivity contribution in [3.63, 3.8) is 0 Å². The molecule has 154 valence electrons. The number of hydrogen-bond donors (Lipinski definition) is 2. The molecule has 6 nitrogen and oxygen atoms in total. The Hall–Kier alpha value is -1.35. The number of ether oxygens (including phenoxy) is 1. The van der Waals surface area contributed by atoms with Crippen LogP contribution in [0.1, 0.15) is 38.4 Å². The van der Waals surface area contributed by atoms with Crippen molar-refractivity contribution in [2.75, 3.05) is 19.7 Å². The van der Waals surface area contributed by atoms with Gasteiger partial charge in [0.15, 0.2) is 5.96 Å². The zero-order chi connectivity index (χ0) is 19.0. The first kappa shape index (κ1) is 21.4. The van der Waals surface area contributed by atoms with Crippen molar-refractivity contribution in [1.29, 1.82) is 0 Å². The summed E-state index contributed by atoms with van der Waals surface area (Å²) in [7, 11) is 0. The molecule has 0 aromatic carbocycles. The van der Waals surface area contributed by atoms with E-state index in [4.69, 9.17) is 14.7 Å². The van der Waals surface area contributed by atoms with E-state index in [1.165, 1.54) is 5.56 Å². The molecule has 4 rings (SSSR count). The smallest absolute Gasteiger partial charge is 0.191 e. The zero-order valence-corrected chi connectivity index (χ0v) is 19.6. The van der Waals surface area contributed by atoms with Gasteiger partial charge >= 0.3 is 0 Å². The molecule has 2 aliphatic rings. The first-order valence-corrected chi connectivity index (χ1v) is 10.1. The highest BCUT2D eigenvalue weighted by Crippen LogP contribution is 2.52. The molecule has 1 saturated carbocycles. The van der Waals surface area contributed by atoms with E-state index >= 15 is 0 Å². The molecule has 1 aliphatic heterocycles. The minimum atomic E-state index is 0. The van der Waals surface area contributed by atoms with Crippen molar-refractivity contribution >= 4 is 35.6 Å². The van der Waals surface area contributed by atoms with Gasteiger partial charge in [0.25, 0.3) is 0 Å². The summed E-state index contributed by atoms with van der Waals surface area (Å²) in [6.07, 6.45) is 6.52. The highest BCUT2D eigenvalue weighted by atomic mass is 127. The van der Waals surface area contributed by atoms with Gasteiger partial charge in [-0.3, -0.25) is 4.99 Å². The van der Waals surface area contributed by atoms with E-state index in [1.807, 2.05) is 6.20 Å². The maximum absolute atomic E-state index is 5.91. The van der Waals surface area contributed by atoms with Gasteiger partial charge in [-0.2, -0.15) is 0 Å². The standard InChI is InChI=1S/C21H31N5O.HI/c1-5-22-20(25-17-16-9-12-27-18(16)21(17,3)4)23-10-8-15-13-26-11-6-7-14(2)19(26)24-15;/h6-7,11,13,16-18H,5,8-10,12H2,1-4H3,(H2,22,23,25);1H. The quantitative estimate of drug-likeness (QED) is 0.379. The van der Waals surface area contributed by atoms with Crippen LogP contribution in [-0.2, 0) is 11.2 Å². The second-order valence-corrected chi connectivity index (χ2v) is 8.35. The number of halogens is 1. The van der Waals surface area contributed by atoms with Crippen molar-refractivity contribution in [2.24, 2.45) is 16.3 Å². The lowest BCUT2D eigenvalue weighted by molar-refractivity contribution is -0.106. The number of pyridine rings is 1. The van der Waals surface area contributed by atoms with Gasteiger partial charge in [0.2, 0.25) is 0 Å². The van der Waals surface area contributed by atoms with Crippen molar-refractivity contribution in [2.45, 2.75) is 52.7 Å². The van der Waals surface area contributed by atoms with Crippen LogP contribution in [0.5, 0.6) is 0 Å². The largest absolute Gasteiger partial charge is 0.377 e. The number of rotatable bonds is 5. The van der Waals surface area contributed by atoms with Crippen molar-refractivity contribution in [3.8, 4) is 0 Å². The Balaban J connectivity index is 0.00000225. The van der Waals surface area contributed by atoms with Gasteiger partial charge in [-0.1, -0.05) is 19.9 Å². The number of aromatic nitrogens is 2. The molecule has 3 heterocycles. The summed E-state index contributed by atoms with van der Waals surface area (Å²) >= 11 is 0. The molecule has 3 unspecified atom stereocenters. The summed E-state index contributed by atoms with van der Waals surface area (Å²) in [5.41, 5.74) is 3.46. The summed E-state index contributed by atoms with van der Waals surface area (Å²) < 4.78 is 8.00. The number of fused-ring (bicyclic) bond motifs is 2. The van der Waals surface area contributed by atoms with Crippen LogP contribution in [0.3, 0.4) is 0 Å². The van der Waals surface area contributed by atoms with E-state index < -0.39 is 0 Å². The van der Waals surface area contributed by atoms with E-state index in [1.54, 1.807) is 0 Å². The molecule has 0 radical (unpaired) electrons. The monoisotopic (exact) mass is 497 g/mol. The van der Waals surface area contributed by atoms with Crippen LogP contribution in [0.4, 0.5) is 0 Å². The van der Waals surface area contributed by atoms with Gasteiger partial charge in [0.05, 0.1) is 11.8 Å². The van der Waals surface area contributed by atoms with Crippen LogP contribution < -0.4 is 10.6 Å². The average Bonchev–Trinajstić information content (AvgIpc) is 3.25. The molecule has 0 amide bonds. The molecular weight excluding hydrogens is 465 g/mol. The van der Waals surface area contributed by atoms with E-state index in [2.05, 4.69) is 61.1 Å². The first-order valence-electron chi connectivity index (χ1n) is 10.1. The number of imidazole rings is 1. The van der Waals surface area contributed by atoms with Crippen LogP contribution in [0.25, 0.3) is 5.65 Å². The molecule has 0 bridgehead atoms. The second kappa shape index (κ2) is 8.57. The van der Waals surface area contributed by atoms with E-state index in [-0.39, 0.29) is 29.4 Å². The van der Waals surface area contributed by atoms with Gasteiger partial charge in [0.1, 0.15) is 5.65 Å². The zero-order valence-electron chi connectivity index (χ0n) is 17.2. The number of nitrogens with zero attached hydrogens (tertiary/aromatic N) is 3. The normalized spacial score (nSPS) is 25.7. The maximum atomic E-state index is 5.91. The average molecular weight is 497 g/mol. The Kier molecular flexibility index (Phi) is 6.54. The Bertz CT molecular complexity index is 846. The van der Waals surface area contributed by atoms with Crippen LogP contribution in [0.2, 0.25) is 0 Å². The van der Waals surface area contributed by atoms with Gasteiger partial charge in [-0.25, -0.2) is 4.98 Å². The van der Waals surface area contributed by atoms with Crippen LogP contribution in [-0.4, -0.2) is 47.2 Å². The molecule has 2 fully saturated rings. The van der Waals surface area contributed by atoms with Crippen LogP contribution >= 0.6 is 24.0 Å². The molecule has 2 aromatic rings. The minimum Gasteiger partial charge on any atom is -0.377 e. The molecule has 2 N–H and O–H groups in total. The number of hydrogen-bond acceptors (Lipinski definition) is 3. The van der Waals surface area contributed by atoms with Gasteiger partial charge < -0.3 is 19.8 Å². The van der Waals surface area contributed by atoms with E-state index in [0.29, 0.717) is 18.1 Å². The molecule has 1 aliphatic carbocycles. The highest BCUT2D eigenvalue weighted by molar-refractivity contribution is 14.0. The SMILES string of the molecule is CCNC(=NCCc1cn2cccc(C)c2n1)NC1C2CCOC2C1(C)C.I. The van der Waals surface area contributed by atoms with Crippen molar-refractivity contribution in [1.82, 2.24) is 20.0 Å². The number of aliphatic imine (C=N–C) groups is 1. The van der Waals surface area contributed by atoms with E-state index in [9.17, 15) is 0 Å². The predicted octanol–water partition coefficient (Wildman–Crippen LogP) is 3.17. The summed E-state index contributed by atoms with van der Waals surface area (Å²) in [5.74, 6) is 1.51. The Labute approximate surface area is 184 Å². The number of aryl methyl sites for hydroxylation is 1. The number of guanidine groups is 1. The molecule has 7 heteroatoms. The fraction of sp³-hybridized carbons (Fsp3) is 0.619. The summed E-state index contributed by atoms with van der Waals surface area (Å²) in [4.78, 5) is 9.55. The van der Waals surface area contributed by atoms with Crippen LogP contribution in [0, 0.1) is 18.3 Å². The highest BCUT2D eigenvalue weighted by Gasteiger charge is 2.59.